The molecule has 0 bridgehead atoms. The van der Waals surface area contributed by atoms with Crippen molar-refractivity contribution < 1.29 is 4.79 Å². The maximum atomic E-state index is 12.1. The zero-order valence-corrected chi connectivity index (χ0v) is 12.0. The Balaban J connectivity index is 1.76. The molecule has 0 radical (unpaired) electrons. The summed E-state index contributed by atoms with van der Waals surface area (Å²) in [7, 11) is 0. The van der Waals surface area contributed by atoms with Gasteiger partial charge in [0.05, 0.1) is 0 Å². The van der Waals surface area contributed by atoms with Crippen LogP contribution in [0.3, 0.4) is 0 Å². The molecule has 0 aromatic heterocycles. The molecular formula is C16H24N2O. The topological polar surface area (TPSA) is 32.3 Å². The van der Waals surface area contributed by atoms with E-state index in [0.717, 1.165) is 32.5 Å². The first-order valence-corrected chi connectivity index (χ1v) is 7.22. The molecule has 1 aliphatic heterocycles. The Morgan fingerprint density at radius 2 is 2.21 bits per heavy atom. The highest BCUT2D eigenvalue weighted by molar-refractivity contribution is 5.76. The van der Waals surface area contributed by atoms with Crippen LogP contribution in [0.5, 0.6) is 0 Å². The first-order valence-electron chi connectivity index (χ1n) is 7.22. The van der Waals surface area contributed by atoms with E-state index in [9.17, 15) is 4.79 Å². The fourth-order valence-corrected chi connectivity index (χ4v) is 2.64. The molecule has 0 saturated carbocycles. The largest absolute Gasteiger partial charge is 0.340 e. The van der Waals surface area contributed by atoms with Crippen LogP contribution in [-0.2, 0) is 11.2 Å². The van der Waals surface area contributed by atoms with Gasteiger partial charge in [-0.25, -0.2) is 0 Å². The fraction of sp³-hybridized carbons (Fsp3) is 0.562. The Labute approximate surface area is 116 Å². The van der Waals surface area contributed by atoms with E-state index in [1.165, 1.54) is 11.1 Å². The van der Waals surface area contributed by atoms with Crippen LogP contribution >= 0.6 is 0 Å². The van der Waals surface area contributed by atoms with E-state index in [0.29, 0.717) is 18.4 Å². The van der Waals surface area contributed by atoms with Crippen LogP contribution in [0.1, 0.15) is 30.9 Å². The highest BCUT2D eigenvalue weighted by atomic mass is 16.2. The predicted octanol–water partition coefficient (Wildman–Crippen LogP) is 2.14. The lowest BCUT2D eigenvalue weighted by Crippen LogP contribution is -2.51. The Bertz CT molecular complexity index is 431. The number of nitrogens with one attached hydrogen (secondary N) is 1. The van der Waals surface area contributed by atoms with Crippen molar-refractivity contribution in [3.63, 3.8) is 0 Å². The molecule has 0 spiro atoms. The van der Waals surface area contributed by atoms with Gasteiger partial charge in [-0.05, 0) is 37.8 Å². The van der Waals surface area contributed by atoms with Crippen molar-refractivity contribution in [3.8, 4) is 0 Å². The van der Waals surface area contributed by atoms with Crippen LogP contribution in [0.25, 0.3) is 0 Å². The second-order valence-corrected chi connectivity index (χ2v) is 5.47. The van der Waals surface area contributed by atoms with Gasteiger partial charge in [-0.3, -0.25) is 4.79 Å². The second-order valence-electron chi connectivity index (χ2n) is 5.47. The molecule has 1 atom stereocenters. The summed E-state index contributed by atoms with van der Waals surface area (Å²) in [6, 6.07) is 8.85. The SMILES string of the molecule is Cc1ccccc1CCCC(=O)N1CCNC(C)C1. The van der Waals surface area contributed by atoms with Crippen LogP contribution in [-0.4, -0.2) is 36.5 Å². The lowest BCUT2D eigenvalue weighted by atomic mass is 10.0. The minimum Gasteiger partial charge on any atom is -0.340 e. The lowest BCUT2D eigenvalue weighted by molar-refractivity contribution is -0.132. The molecule has 3 heteroatoms. The highest BCUT2D eigenvalue weighted by Crippen LogP contribution is 2.12. The predicted molar refractivity (Wildman–Crippen MR) is 78.2 cm³/mol. The zero-order valence-electron chi connectivity index (χ0n) is 12.0. The molecule has 104 valence electrons. The number of aryl methyl sites for hydroxylation is 2. The molecule has 1 N–H and O–H groups in total. The van der Waals surface area contributed by atoms with Crippen molar-refractivity contribution in [1.29, 1.82) is 0 Å². The van der Waals surface area contributed by atoms with E-state index < -0.39 is 0 Å². The second kappa shape index (κ2) is 6.71. The molecule has 19 heavy (non-hydrogen) atoms. The highest BCUT2D eigenvalue weighted by Gasteiger charge is 2.19. The van der Waals surface area contributed by atoms with Gasteiger partial charge in [-0.1, -0.05) is 24.3 Å². The van der Waals surface area contributed by atoms with Crippen LogP contribution in [0.15, 0.2) is 24.3 Å². The molecule has 1 fully saturated rings. The Morgan fingerprint density at radius 1 is 1.42 bits per heavy atom. The maximum Gasteiger partial charge on any atom is 0.222 e. The number of piperazine rings is 1. The monoisotopic (exact) mass is 260 g/mol. The van der Waals surface area contributed by atoms with E-state index in [-0.39, 0.29) is 0 Å². The number of hydrogen-bond donors (Lipinski definition) is 1. The van der Waals surface area contributed by atoms with Crippen LogP contribution in [0.2, 0.25) is 0 Å². The van der Waals surface area contributed by atoms with Gasteiger partial charge in [-0.2, -0.15) is 0 Å². The Morgan fingerprint density at radius 3 is 2.95 bits per heavy atom. The van der Waals surface area contributed by atoms with Gasteiger partial charge in [0.2, 0.25) is 5.91 Å². The van der Waals surface area contributed by atoms with E-state index in [1.54, 1.807) is 0 Å². The molecule has 1 aliphatic rings. The standard InChI is InChI=1S/C16H24N2O/c1-13-6-3-4-7-15(13)8-5-9-16(19)18-11-10-17-14(2)12-18/h3-4,6-7,14,17H,5,8-12H2,1-2H3. The Kier molecular flexibility index (Phi) is 4.97. The molecular weight excluding hydrogens is 236 g/mol. The van der Waals surface area contributed by atoms with Crippen molar-refractivity contribution in [2.75, 3.05) is 19.6 Å². The number of rotatable bonds is 4. The Hall–Kier alpha value is -1.35. The van der Waals surface area contributed by atoms with Crippen molar-refractivity contribution in [2.24, 2.45) is 0 Å². The van der Waals surface area contributed by atoms with E-state index in [2.05, 4.69) is 43.4 Å². The zero-order chi connectivity index (χ0) is 13.7. The minimum absolute atomic E-state index is 0.307. The van der Waals surface area contributed by atoms with E-state index in [4.69, 9.17) is 0 Å². The molecule has 3 nitrogen and oxygen atoms in total. The summed E-state index contributed by atoms with van der Waals surface area (Å²) in [5.74, 6) is 0.307. The molecule has 1 saturated heterocycles. The number of carbonyl (C=O) groups is 1. The van der Waals surface area contributed by atoms with Gasteiger partial charge in [-0.15, -0.1) is 0 Å². The average molecular weight is 260 g/mol. The minimum atomic E-state index is 0.307. The summed E-state index contributed by atoms with van der Waals surface area (Å²) in [4.78, 5) is 14.1. The van der Waals surface area contributed by atoms with Gasteiger partial charge in [0.25, 0.3) is 0 Å². The van der Waals surface area contributed by atoms with Crippen LogP contribution < -0.4 is 5.32 Å². The fourth-order valence-electron chi connectivity index (χ4n) is 2.64. The first kappa shape index (κ1) is 14.1. The van der Waals surface area contributed by atoms with Gasteiger partial charge in [0.15, 0.2) is 0 Å². The van der Waals surface area contributed by atoms with Gasteiger partial charge in [0.1, 0.15) is 0 Å². The first-order chi connectivity index (χ1) is 9.16. The molecule has 2 rings (SSSR count). The van der Waals surface area contributed by atoms with E-state index in [1.807, 2.05) is 4.90 Å². The van der Waals surface area contributed by atoms with Crippen molar-refractivity contribution in [1.82, 2.24) is 10.2 Å². The molecule has 0 aliphatic carbocycles. The van der Waals surface area contributed by atoms with Gasteiger partial charge >= 0.3 is 0 Å². The van der Waals surface area contributed by atoms with E-state index >= 15 is 0 Å². The third kappa shape index (κ3) is 4.06. The summed E-state index contributed by atoms with van der Waals surface area (Å²) >= 11 is 0. The van der Waals surface area contributed by atoms with Crippen molar-refractivity contribution in [3.05, 3.63) is 35.4 Å². The number of hydrogen-bond acceptors (Lipinski definition) is 2. The van der Waals surface area contributed by atoms with Crippen molar-refractivity contribution in [2.45, 2.75) is 39.2 Å². The molecule has 1 aromatic carbocycles. The average Bonchev–Trinajstić information content (AvgIpc) is 2.41. The van der Waals surface area contributed by atoms with Crippen LogP contribution in [0.4, 0.5) is 0 Å². The molecule has 1 unspecified atom stereocenters. The molecule has 1 heterocycles. The number of nitrogens with zero attached hydrogens (tertiary/aromatic N) is 1. The smallest absolute Gasteiger partial charge is 0.222 e. The molecule has 1 aromatic rings. The number of amides is 1. The lowest BCUT2D eigenvalue weighted by Gasteiger charge is -2.32. The summed E-state index contributed by atoms with van der Waals surface area (Å²) in [5, 5.41) is 3.36. The number of carbonyl (C=O) groups excluding carboxylic acids is 1. The summed E-state index contributed by atoms with van der Waals surface area (Å²) in [6.45, 7) is 6.89. The third-order valence-corrected chi connectivity index (χ3v) is 3.82. The maximum absolute atomic E-state index is 12.1. The normalized spacial score (nSPS) is 19.5. The van der Waals surface area contributed by atoms with Crippen LogP contribution in [0, 0.1) is 6.92 Å². The third-order valence-electron chi connectivity index (χ3n) is 3.82. The van der Waals surface area contributed by atoms with Gasteiger partial charge in [0, 0.05) is 32.1 Å². The summed E-state index contributed by atoms with van der Waals surface area (Å²) in [6.07, 6.45) is 2.61. The summed E-state index contributed by atoms with van der Waals surface area (Å²) < 4.78 is 0. The van der Waals surface area contributed by atoms with Crippen molar-refractivity contribution >= 4 is 5.91 Å². The van der Waals surface area contributed by atoms with Gasteiger partial charge < -0.3 is 10.2 Å². The molecule has 1 amide bonds. The summed E-state index contributed by atoms with van der Waals surface area (Å²) in [5.41, 5.74) is 2.69. The quantitative estimate of drug-likeness (QED) is 0.899. The number of benzene rings is 1.